The van der Waals surface area contributed by atoms with Crippen molar-refractivity contribution in [2.24, 2.45) is 0 Å². The molecule has 2 saturated heterocycles. The van der Waals surface area contributed by atoms with Gasteiger partial charge in [0, 0.05) is 24.7 Å². The van der Waals surface area contributed by atoms with Crippen molar-refractivity contribution in [3.63, 3.8) is 0 Å². The molecule has 0 unspecified atom stereocenters. The van der Waals surface area contributed by atoms with Crippen LogP contribution in [0.4, 0.5) is 4.79 Å². The maximum Gasteiger partial charge on any atom is 0.408 e. The summed E-state index contributed by atoms with van der Waals surface area (Å²) >= 11 is 0. The van der Waals surface area contributed by atoms with Gasteiger partial charge < -0.3 is 14.6 Å². The van der Waals surface area contributed by atoms with Gasteiger partial charge in [-0.3, -0.25) is 0 Å². The van der Waals surface area contributed by atoms with E-state index in [-0.39, 0.29) is 18.2 Å². The predicted octanol–water partition coefficient (Wildman–Crippen LogP) is 6.85. The van der Waals surface area contributed by atoms with Crippen LogP contribution in [-0.2, 0) is 26.2 Å². The Morgan fingerprint density at radius 3 is 2.05 bits per heavy atom. The normalized spacial score (nSPS) is 23.9. The van der Waals surface area contributed by atoms with E-state index >= 15 is 0 Å². The Labute approximate surface area is 243 Å². The molecule has 2 aliphatic heterocycles. The van der Waals surface area contributed by atoms with Gasteiger partial charge in [0.05, 0.1) is 10.1 Å². The molecule has 40 heavy (non-hydrogen) atoms. The quantitative estimate of drug-likeness (QED) is 0.138. The van der Waals surface area contributed by atoms with Gasteiger partial charge in [0.25, 0.3) is 0 Å². The molecule has 1 aromatic carbocycles. The SMILES string of the molecule is CCCCCCCCCCCCC[C@@H]1C[C@H]2O[N@+]1(Cc1ccccc1)C[C@@H]2NC(=O)OC(C)(C)C.CS(=O)(=O)[O-]. The summed E-state index contributed by atoms with van der Waals surface area (Å²) in [6.45, 7) is 9.68. The molecule has 2 heterocycles. The van der Waals surface area contributed by atoms with Crippen molar-refractivity contribution < 1.29 is 32.0 Å². The molecule has 2 bridgehead atoms. The number of rotatable bonds is 15. The number of amides is 1. The summed E-state index contributed by atoms with van der Waals surface area (Å²) < 4.78 is 33.4. The van der Waals surface area contributed by atoms with Gasteiger partial charge in [-0.15, -0.1) is 0 Å². The van der Waals surface area contributed by atoms with E-state index < -0.39 is 15.7 Å². The van der Waals surface area contributed by atoms with E-state index in [2.05, 4.69) is 42.6 Å². The summed E-state index contributed by atoms with van der Waals surface area (Å²) in [5, 5.41) is 3.11. The van der Waals surface area contributed by atoms with Gasteiger partial charge in [0.2, 0.25) is 0 Å². The Balaban J connectivity index is 0.00000103. The Morgan fingerprint density at radius 1 is 1.00 bits per heavy atom. The number of carbonyl (C=O) groups excluding carboxylic acids is 1. The molecule has 1 aromatic rings. The number of unbranched alkanes of at least 4 members (excludes halogenated alkanes) is 10. The first kappa shape index (κ1) is 34.5. The number of hydrogen-bond donors (Lipinski definition) is 1. The van der Waals surface area contributed by atoms with Gasteiger partial charge in [-0.2, -0.15) is 9.48 Å². The monoisotopic (exact) mass is 582 g/mol. The van der Waals surface area contributed by atoms with E-state index in [4.69, 9.17) is 22.5 Å². The molecule has 3 rings (SSSR count). The van der Waals surface area contributed by atoms with E-state index in [0.717, 1.165) is 19.5 Å². The summed E-state index contributed by atoms with van der Waals surface area (Å²) in [6.07, 6.45) is 17.7. The molecule has 8 nitrogen and oxygen atoms in total. The number of alkyl carbamates (subject to hydrolysis) is 1. The third-order valence-corrected chi connectivity index (χ3v) is 7.61. The summed E-state index contributed by atoms with van der Waals surface area (Å²) in [6, 6.07) is 11.2. The van der Waals surface area contributed by atoms with Crippen molar-refractivity contribution in [1.82, 2.24) is 5.32 Å². The zero-order chi connectivity index (χ0) is 29.7. The molecule has 0 radical (unpaired) electrons. The molecule has 2 aliphatic rings. The number of benzene rings is 1. The molecule has 0 saturated carbocycles. The number of nitrogens with one attached hydrogen (secondary N) is 1. The average molecular weight is 583 g/mol. The fourth-order valence-corrected chi connectivity index (χ4v) is 5.86. The highest BCUT2D eigenvalue weighted by atomic mass is 32.2. The molecular weight excluding hydrogens is 528 g/mol. The zero-order valence-corrected chi connectivity index (χ0v) is 26.3. The van der Waals surface area contributed by atoms with E-state index in [1.54, 1.807) is 0 Å². The van der Waals surface area contributed by atoms with Gasteiger partial charge in [0.15, 0.2) is 0 Å². The Bertz CT molecular complexity index is 958. The average Bonchev–Trinajstić information content (AvgIpc) is 3.35. The van der Waals surface area contributed by atoms with Crippen LogP contribution in [0.5, 0.6) is 0 Å². The minimum Gasteiger partial charge on any atom is -0.748 e. The Hall–Kier alpha value is -1.68. The number of nitrogens with zero attached hydrogens (tertiary/aromatic N) is 1. The maximum atomic E-state index is 12.4. The fraction of sp³-hybridized carbons (Fsp3) is 0.774. The molecule has 0 spiro atoms. The van der Waals surface area contributed by atoms with Crippen molar-refractivity contribution in [3.05, 3.63) is 35.9 Å². The van der Waals surface area contributed by atoms with Crippen LogP contribution in [0.1, 0.15) is 117 Å². The number of hydroxylamine groups is 3. The molecule has 0 aliphatic carbocycles. The molecule has 4 atom stereocenters. The highest BCUT2D eigenvalue weighted by Gasteiger charge is 2.60. The van der Waals surface area contributed by atoms with Crippen LogP contribution in [0.2, 0.25) is 0 Å². The second kappa shape index (κ2) is 16.7. The first-order valence-corrected chi connectivity index (χ1v) is 17.1. The number of carbonyl (C=O) groups is 1. The lowest BCUT2D eigenvalue weighted by Crippen LogP contribution is -2.56. The van der Waals surface area contributed by atoms with Crippen LogP contribution in [0.3, 0.4) is 0 Å². The smallest absolute Gasteiger partial charge is 0.408 e. The van der Waals surface area contributed by atoms with Crippen molar-refractivity contribution in [2.75, 3.05) is 12.8 Å². The number of fused-ring (bicyclic) bond motifs is 2. The van der Waals surface area contributed by atoms with Gasteiger partial charge in [-0.05, 0) is 27.2 Å². The summed E-state index contributed by atoms with van der Waals surface area (Å²) in [7, 11) is -3.92. The zero-order valence-electron chi connectivity index (χ0n) is 25.5. The highest BCUT2D eigenvalue weighted by molar-refractivity contribution is 7.84. The lowest BCUT2D eigenvalue weighted by molar-refractivity contribution is -1.11. The molecule has 2 fully saturated rings. The fourth-order valence-electron chi connectivity index (χ4n) is 5.86. The summed E-state index contributed by atoms with van der Waals surface area (Å²) in [5.74, 6) is 0. The van der Waals surface area contributed by atoms with Gasteiger partial charge >= 0.3 is 6.09 Å². The minimum absolute atomic E-state index is 0.0159. The van der Waals surface area contributed by atoms with Crippen molar-refractivity contribution in [1.29, 1.82) is 0 Å². The third kappa shape index (κ3) is 13.8. The third-order valence-electron chi connectivity index (χ3n) is 7.61. The first-order chi connectivity index (χ1) is 18.8. The maximum absolute atomic E-state index is 12.4. The van der Waals surface area contributed by atoms with Crippen LogP contribution in [-0.4, -0.2) is 60.3 Å². The second-order valence-electron chi connectivity index (χ2n) is 12.6. The largest absolute Gasteiger partial charge is 0.748 e. The van der Waals surface area contributed by atoms with Crippen LogP contribution in [0, 0.1) is 0 Å². The van der Waals surface area contributed by atoms with Gasteiger partial charge in [-0.25, -0.2) is 13.2 Å². The van der Waals surface area contributed by atoms with Crippen LogP contribution < -0.4 is 5.32 Å². The van der Waals surface area contributed by atoms with Gasteiger partial charge in [-0.1, -0.05) is 101 Å². The molecule has 1 N–H and O–H groups in total. The lowest BCUT2D eigenvalue weighted by atomic mass is 9.92. The number of quaternary nitrogens is 1. The highest BCUT2D eigenvalue weighted by Crippen LogP contribution is 2.43. The van der Waals surface area contributed by atoms with E-state index in [0.29, 0.717) is 16.9 Å². The molecule has 230 valence electrons. The molecule has 1 amide bonds. The van der Waals surface area contributed by atoms with Gasteiger partial charge in [0.1, 0.15) is 36.9 Å². The topological polar surface area (TPSA) is 105 Å². The predicted molar refractivity (Wildman–Crippen MR) is 158 cm³/mol. The number of ether oxygens (including phenoxy) is 1. The van der Waals surface area contributed by atoms with E-state index in [1.807, 2.05) is 20.8 Å². The van der Waals surface area contributed by atoms with Crippen molar-refractivity contribution >= 4 is 16.2 Å². The summed E-state index contributed by atoms with van der Waals surface area (Å²) in [4.78, 5) is 19.1. The standard InChI is InChI=1S/C30H50N2O3.CH4O3S/c1-5-6-7-8-9-10-11-12-13-14-18-21-26-22-28-27(31-29(33)34-30(2,3)4)24-32(26,35-28)23-25-19-16-15-17-20-25;1-5(2,3)4/h15-17,19-20,26-28H,5-14,18,21-24H2,1-4H3;1H3,(H,2,3,4)/t26-,27+,28-,32-;/m1./s1. The summed E-state index contributed by atoms with van der Waals surface area (Å²) in [5.41, 5.74) is 0.812. The van der Waals surface area contributed by atoms with Crippen LogP contribution >= 0.6 is 0 Å². The number of hydrogen-bond acceptors (Lipinski definition) is 6. The first-order valence-electron chi connectivity index (χ1n) is 15.3. The molecule has 0 aromatic heterocycles. The van der Waals surface area contributed by atoms with Crippen LogP contribution in [0.15, 0.2) is 30.3 Å². The minimum atomic E-state index is -3.92. The second-order valence-corrected chi connectivity index (χ2v) is 14.0. The van der Waals surface area contributed by atoms with E-state index in [1.165, 1.54) is 82.6 Å². The van der Waals surface area contributed by atoms with Crippen molar-refractivity contribution in [2.45, 2.75) is 141 Å². The Morgan fingerprint density at radius 2 is 1.52 bits per heavy atom. The lowest BCUT2D eigenvalue weighted by Gasteiger charge is -2.36. The molecular formula is C31H54N2O6S. The number of piperidine rings is 1. The van der Waals surface area contributed by atoms with Crippen LogP contribution in [0.25, 0.3) is 0 Å². The molecule has 9 heteroatoms. The Kier molecular flexibility index (Phi) is 14.4. The van der Waals surface area contributed by atoms with E-state index in [9.17, 15) is 4.79 Å². The van der Waals surface area contributed by atoms with Crippen molar-refractivity contribution in [3.8, 4) is 0 Å².